The molecule has 0 aliphatic carbocycles. The first kappa shape index (κ1) is 27.7. The molecule has 1 aliphatic rings. The van der Waals surface area contributed by atoms with Gasteiger partial charge in [0.05, 0.1) is 23.6 Å². The van der Waals surface area contributed by atoms with Crippen molar-refractivity contribution in [1.29, 1.82) is 0 Å². The molecule has 1 saturated heterocycles. The Kier molecular flexibility index (Phi) is 8.72. The predicted molar refractivity (Wildman–Crippen MR) is 151 cm³/mol. The van der Waals surface area contributed by atoms with Crippen LogP contribution in [0.25, 0.3) is 22.5 Å². The van der Waals surface area contributed by atoms with Crippen LogP contribution in [0.3, 0.4) is 0 Å². The van der Waals surface area contributed by atoms with Crippen LogP contribution in [0.4, 0.5) is 14.7 Å². The van der Waals surface area contributed by atoms with Gasteiger partial charge in [0.2, 0.25) is 5.95 Å². The number of nitrogens with zero attached hydrogens (tertiary/aromatic N) is 5. The Morgan fingerprint density at radius 1 is 0.950 bits per heavy atom. The molecule has 0 spiro atoms. The zero-order valence-corrected chi connectivity index (χ0v) is 23.4. The zero-order valence-electron chi connectivity index (χ0n) is 23.4. The van der Waals surface area contributed by atoms with E-state index < -0.39 is 11.6 Å². The summed E-state index contributed by atoms with van der Waals surface area (Å²) < 4.78 is 35.0. The summed E-state index contributed by atoms with van der Waals surface area (Å²) in [6, 6.07) is 6.20. The molecule has 1 fully saturated rings. The molecule has 3 aromatic heterocycles. The van der Waals surface area contributed by atoms with Crippen LogP contribution in [0, 0.1) is 23.5 Å². The van der Waals surface area contributed by atoms with Gasteiger partial charge < -0.3 is 9.64 Å². The van der Waals surface area contributed by atoms with Gasteiger partial charge in [-0.1, -0.05) is 20.8 Å². The van der Waals surface area contributed by atoms with Crippen molar-refractivity contribution in [2.24, 2.45) is 11.8 Å². The largest absolute Gasteiger partial charge is 0.493 e. The Labute approximate surface area is 233 Å². The second-order valence-corrected chi connectivity index (χ2v) is 11.0. The maximum Gasteiger partial charge on any atom is 0.225 e. The average Bonchev–Trinajstić information content (AvgIpc) is 3.61. The lowest BCUT2D eigenvalue weighted by atomic mass is 9.92. The summed E-state index contributed by atoms with van der Waals surface area (Å²) in [6.45, 7) is 8.53. The average molecular weight is 550 g/mol. The first-order valence-electron chi connectivity index (χ1n) is 14.2. The molecule has 4 aromatic rings. The van der Waals surface area contributed by atoms with E-state index in [1.807, 2.05) is 19.3 Å². The second-order valence-electron chi connectivity index (χ2n) is 11.0. The normalized spacial score (nSPS) is 14.3. The number of halogens is 2. The van der Waals surface area contributed by atoms with Gasteiger partial charge in [-0.3, -0.25) is 10.2 Å². The molecule has 1 aliphatic heterocycles. The van der Waals surface area contributed by atoms with Crippen molar-refractivity contribution in [2.45, 2.75) is 59.3 Å². The van der Waals surface area contributed by atoms with Crippen LogP contribution >= 0.6 is 0 Å². The molecule has 40 heavy (non-hydrogen) atoms. The molecule has 10 heteroatoms. The van der Waals surface area contributed by atoms with Crippen molar-refractivity contribution in [3.63, 3.8) is 0 Å². The van der Waals surface area contributed by atoms with Gasteiger partial charge in [0.25, 0.3) is 0 Å². The Balaban J connectivity index is 1.06. The van der Waals surface area contributed by atoms with Gasteiger partial charge in [-0.15, -0.1) is 0 Å². The Morgan fingerprint density at radius 3 is 2.25 bits per heavy atom. The number of hydrogen-bond donors (Lipinski definition) is 2. The molecule has 5 rings (SSSR count). The van der Waals surface area contributed by atoms with E-state index in [0.29, 0.717) is 24.9 Å². The van der Waals surface area contributed by atoms with Crippen molar-refractivity contribution >= 4 is 5.95 Å². The fraction of sp³-hybridized carbons (Fsp3) is 0.467. The van der Waals surface area contributed by atoms with E-state index in [-0.39, 0.29) is 17.0 Å². The topological polar surface area (TPSA) is 95.6 Å². The molecule has 212 valence electrons. The maximum atomic E-state index is 14.6. The van der Waals surface area contributed by atoms with Crippen LogP contribution in [0.1, 0.15) is 57.8 Å². The quantitative estimate of drug-likeness (QED) is 0.211. The first-order chi connectivity index (χ1) is 19.4. The van der Waals surface area contributed by atoms with Crippen molar-refractivity contribution in [1.82, 2.24) is 30.4 Å². The smallest absolute Gasteiger partial charge is 0.225 e. The summed E-state index contributed by atoms with van der Waals surface area (Å²) in [5, 5.41) is 14.3. The maximum absolute atomic E-state index is 14.6. The van der Waals surface area contributed by atoms with Gasteiger partial charge in [0.15, 0.2) is 0 Å². The fourth-order valence-electron chi connectivity index (χ4n) is 5.20. The van der Waals surface area contributed by atoms with E-state index in [0.717, 1.165) is 73.8 Å². The van der Waals surface area contributed by atoms with Crippen LogP contribution in [0.15, 0.2) is 36.7 Å². The van der Waals surface area contributed by atoms with E-state index in [4.69, 9.17) is 4.74 Å². The SMILES string of the molecule is CCc1cc(-c2c(F)cc(OCCCC3CCN(c4ncc(-c5cc(CC(C)C)[nH]n5)cn4)CC3)cc2F)n[nH]1. The monoisotopic (exact) mass is 549 g/mol. The molecule has 4 heterocycles. The second kappa shape index (κ2) is 12.6. The molecule has 0 radical (unpaired) electrons. The Morgan fingerprint density at radius 2 is 1.60 bits per heavy atom. The minimum Gasteiger partial charge on any atom is -0.493 e. The molecule has 0 unspecified atom stereocenters. The molecular weight excluding hydrogens is 512 g/mol. The third kappa shape index (κ3) is 6.66. The molecule has 2 N–H and O–H groups in total. The van der Waals surface area contributed by atoms with Crippen molar-refractivity contribution in [3.8, 4) is 28.3 Å². The van der Waals surface area contributed by atoms with Crippen molar-refractivity contribution in [3.05, 3.63) is 59.7 Å². The molecule has 8 nitrogen and oxygen atoms in total. The fourth-order valence-corrected chi connectivity index (χ4v) is 5.20. The van der Waals surface area contributed by atoms with E-state index in [2.05, 4.69) is 55.2 Å². The summed E-state index contributed by atoms with van der Waals surface area (Å²) in [7, 11) is 0. The van der Waals surface area contributed by atoms with Crippen LogP contribution in [0.2, 0.25) is 0 Å². The van der Waals surface area contributed by atoms with Crippen molar-refractivity contribution in [2.75, 3.05) is 24.6 Å². The number of rotatable bonds is 11. The molecule has 0 saturated carbocycles. The van der Waals surface area contributed by atoms with Crippen molar-refractivity contribution < 1.29 is 13.5 Å². The van der Waals surface area contributed by atoms with Crippen LogP contribution < -0.4 is 9.64 Å². The van der Waals surface area contributed by atoms with E-state index >= 15 is 0 Å². The van der Waals surface area contributed by atoms with Gasteiger partial charge in [0.1, 0.15) is 17.4 Å². The van der Waals surface area contributed by atoms with Crippen LogP contribution in [-0.2, 0) is 12.8 Å². The summed E-state index contributed by atoms with van der Waals surface area (Å²) in [4.78, 5) is 11.4. The highest BCUT2D eigenvalue weighted by Gasteiger charge is 2.21. The number of anilines is 1. The molecule has 0 bridgehead atoms. The number of benzene rings is 1. The lowest BCUT2D eigenvalue weighted by molar-refractivity contribution is 0.277. The number of ether oxygens (including phenoxy) is 1. The number of H-pyrrole nitrogens is 2. The zero-order chi connectivity index (χ0) is 28.1. The highest BCUT2D eigenvalue weighted by Crippen LogP contribution is 2.30. The molecule has 1 aromatic carbocycles. The number of piperidine rings is 1. The summed E-state index contributed by atoms with van der Waals surface area (Å²) in [5.74, 6) is 0.740. The number of hydrogen-bond acceptors (Lipinski definition) is 6. The van der Waals surface area contributed by atoms with Gasteiger partial charge in [0, 0.05) is 54.6 Å². The first-order valence-corrected chi connectivity index (χ1v) is 14.2. The lowest BCUT2D eigenvalue weighted by Crippen LogP contribution is -2.34. The molecule has 0 atom stereocenters. The summed E-state index contributed by atoms with van der Waals surface area (Å²) in [6.07, 6.45) is 9.28. The number of aryl methyl sites for hydroxylation is 1. The summed E-state index contributed by atoms with van der Waals surface area (Å²) >= 11 is 0. The van der Waals surface area contributed by atoms with Gasteiger partial charge in [-0.25, -0.2) is 18.7 Å². The minimum atomic E-state index is -0.674. The third-order valence-electron chi connectivity index (χ3n) is 7.40. The standard InChI is InChI=1S/C30H37F2N7O/c1-4-22-13-28(38-35-22)29-25(31)15-24(16-26(29)32)40-11-5-6-20-7-9-39(10-8-20)30-33-17-21(18-34-30)27-14-23(36-37-27)12-19(2)3/h13-20H,4-12H2,1-3H3,(H,35,38)(H,36,37). The van der Waals surface area contributed by atoms with Gasteiger partial charge in [-0.2, -0.15) is 10.2 Å². The van der Waals surface area contributed by atoms with Gasteiger partial charge in [-0.05, 0) is 62.5 Å². The summed E-state index contributed by atoms with van der Waals surface area (Å²) in [5.41, 5.74) is 3.85. The molecular formula is C30H37F2N7O. The number of aromatic nitrogens is 6. The minimum absolute atomic E-state index is 0.134. The lowest BCUT2D eigenvalue weighted by Gasteiger charge is -2.32. The van der Waals surface area contributed by atoms with Gasteiger partial charge >= 0.3 is 0 Å². The number of nitrogens with one attached hydrogen (secondary N) is 2. The Hall–Kier alpha value is -3.82. The van der Waals surface area contributed by atoms with Crippen LogP contribution in [-0.4, -0.2) is 50.1 Å². The highest BCUT2D eigenvalue weighted by atomic mass is 19.1. The molecule has 0 amide bonds. The predicted octanol–water partition coefficient (Wildman–Crippen LogP) is 6.37. The van der Waals surface area contributed by atoms with Crippen LogP contribution in [0.5, 0.6) is 5.75 Å². The van der Waals surface area contributed by atoms with E-state index in [1.165, 1.54) is 12.1 Å². The highest BCUT2D eigenvalue weighted by molar-refractivity contribution is 5.62. The third-order valence-corrected chi connectivity index (χ3v) is 7.40. The van der Waals surface area contributed by atoms with E-state index in [9.17, 15) is 8.78 Å². The number of aromatic amines is 2. The van der Waals surface area contributed by atoms with E-state index in [1.54, 1.807) is 6.07 Å². The Bertz CT molecular complexity index is 1370.